The Balaban J connectivity index is 1.45. The van der Waals surface area contributed by atoms with E-state index in [-0.39, 0.29) is 53.3 Å². The molecule has 0 unspecified atom stereocenters. The lowest BCUT2D eigenvalue weighted by molar-refractivity contribution is -0.147. The highest BCUT2D eigenvalue weighted by Crippen LogP contribution is 2.33. The van der Waals surface area contributed by atoms with Gasteiger partial charge in [-0.3, -0.25) is 9.59 Å². The van der Waals surface area contributed by atoms with Crippen molar-refractivity contribution in [1.82, 2.24) is 9.21 Å². The van der Waals surface area contributed by atoms with Gasteiger partial charge in [0.05, 0.1) is 5.02 Å². The summed E-state index contributed by atoms with van der Waals surface area (Å²) in [5.41, 5.74) is 0.708. The fourth-order valence-corrected chi connectivity index (χ4v) is 6.40. The van der Waals surface area contributed by atoms with Crippen molar-refractivity contribution >= 4 is 45.1 Å². The number of rotatable bonds is 7. The lowest BCUT2D eigenvalue weighted by atomic mass is 9.96. The average molecular weight is 543 g/mol. The molecule has 2 heterocycles. The van der Waals surface area contributed by atoms with E-state index in [4.69, 9.17) is 32.7 Å². The summed E-state index contributed by atoms with van der Waals surface area (Å²) in [6, 6.07) is 9.47. The maximum absolute atomic E-state index is 13.3. The minimum Gasteiger partial charge on any atom is -0.486 e. The number of halogens is 2. The molecule has 2 aromatic rings. The quantitative estimate of drug-likeness (QED) is 0.570. The van der Waals surface area contributed by atoms with E-state index < -0.39 is 28.5 Å². The van der Waals surface area contributed by atoms with Crippen LogP contribution < -0.4 is 9.47 Å². The van der Waals surface area contributed by atoms with Crippen molar-refractivity contribution in [2.45, 2.75) is 24.3 Å². The van der Waals surface area contributed by atoms with E-state index in [1.54, 1.807) is 18.2 Å². The molecule has 0 atom stereocenters. The van der Waals surface area contributed by atoms with Crippen molar-refractivity contribution in [3.05, 3.63) is 52.0 Å². The van der Waals surface area contributed by atoms with Gasteiger partial charge in [0.2, 0.25) is 15.9 Å². The normalized spacial score (nSPS) is 16.6. The summed E-state index contributed by atoms with van der Waals surface area (Å²) < 4.78 is 38.5. The maximum Gasteiger partial charge on any atom is 0.323 e. The highest BCUT2D eigenvalue weighted by molar-refractivity contribution is 7.89. The van der Waals surface area contributed by atoms with Gasteiger partial charge in [0.1, 0.15) is 24.7 Å². The third-order valence-corrected chi connectivity index (χ3v) is 8.55. The number of aliphatic carboxylic acids is 1. The molecule has 0 saturated carbocycles. The molecular formula is C23H24Cl2N2O7S. The molecule has 2 aliphatic rings. The molecule has 1 amide bonds. The van der Waals surface area contributed by atoms with Gasteiger partial charge < -0.3 is 19.5 Å². The molecule has 35 heavy (non-hydrogen) atoms. The third kappa shape index (κ3) is 5.83. The number of carboxylic acid groups (broad SMARTS) is 1. The number of benzene rings is 2. The smallest absolute Gasteiger partial charge is 0.323 e. The van der Waals surface area contributed by atoms with Gasteiger partial charge in [-0.05, 0) is 48.7 Å². The van der Waals surface area contributed by atoms with Crippen LogP contribution in [0.15, 0.2) is 41.3 Å². The van der Waals surface area contributed by atoms with E-state index in [9.17, 15) is 23.1 Å². The van der Waals surface area contributed by atoms with Crippen molar-refractivity contribution < 1.29 is 32.6 Å². The van der Waals surface area contributed by atoms with Gasteiger partial charge in [-0.2, -0.15) is 4.31 Å². The Labute approximate surface area is 213 Å². The van der Waals surface area contributed by atoms with Crippen molar-refractivity contribution in [3.8, 4) is 11.5 Å². The molecule has 2 aliphatic heterocycles. The molecule has 12 heteroatoms. The van der Waals surface area contributed by atoms with E-state index in [1.165, 1.54) is 27.4 Å². The predicted molar refractivity (Wildman–Crippen MR) is 128 cm³/mol. The topological polar surface area (TPSA) is 113 Å². The van der Waals surface area contributed by atoms with Gasteiger partial charge in [0, 0.05) is 30.6 Å². The Morgan fingerprint density at radius 3 is 2.40 bits per heavy atom. The molecule has 2 aromatic carbocycles. The van der Waals surface area contributed by atoms with Crippen molar-refractivity contribution in [3.63, 3.8) is 0 Å². The van der Waals surface area contributed by atoms with Gasteiger partial charge in [0.15, 0.2) is 11.5 Å². The number of ether oxygens (including phenoxy) is 2. The summed E-state index contributed by atoms with van der Waals surface area (Å²) in [4.78, 5) is 25.9. The SMILES string of the molecule is O=C(O)CN(Cc1ccc2c(c1)OCCO2)C(=O)C1CCN(S(=O)(=O)c2cc(Cl)ccc2Cl)CC1. The Hall–Kier alpha value is -2.53. The molecule has 4 rings (SSSR count). The Morgan fingerprint density at radius 2 is 1.71 bits per heavy atom. The molecule has 0 bridgehead atoms. The van der Waals surface area contributed by atoms with Crippen LogP contribution in [0.1, 0.15) is 18.4 Å². The van der Waals surface area contributed by atoms with Gasteiger partial charge in [-0.1, -0.05) is 29.3 Å². The van der Waals surface area contributed by atoms with Crippen LogP contribution in [0, 0.1) is 5.92 Å². The van der Waals surface area contributed by atoms with Crippen LogP contribution in [0.4, 0.5) is 0 Å². The zero-order valence-corrected chi connectivity index (χ0v) is 21.0. The molecule has 0 radical (unpaired) electrons. The van der Waals surface area contributed by atoms with Crippen molar-refractivity contribution in [2.75, 3.05) is 32.8 Å². The summed E-state index contributed by atoms with van der Waals surface area (Å²) in [6.45, 7) is 0.686. The minimum atomic E-state index is -3.89. The Morgan fingerprint density at radius 1 is 1.03 bits per heavy atom. The summed E-state index contributed by atoms with van der Waals surface area (Å²) in [5.74, 6) is -0.821. The first kappa shape index (κ1) is 25.6. The van der Waals surface area contributed by atoms with E-state index >= 15 is 0 Å². The maximum atomic E-state index is 13.3. The summed E-state index contributed by atoms with van der Waals surface area (Å²) in [5, 5.41) is 9.70. The number of nitrogens with zero attached hydrogens (tertiary/aromatic N) is 2. The van der Waals surface area contributed by atoms with Crippen LogP contribution in [0.2, 0.25) is 10.0 Å². The highest BCUT2D eigenvalue weighted by atomic mass is 35.5. The van der Waals surface area contributed by atoms with Crippen LogP contribution >= 0.6 is 23.2 Å². The van der Waals surface area contributed by atoms with Crippen LogP contribution in [-0.4, -0.2) is 67.5 Å². The monoisotopic (exact) mass is 542 g/mol. The van der Waals surface area contributed by atoms with Gasteiger partial charge in [-0.25, -0.2) is 8.42 Å². The fourth-order valence-electron chi connectivity index (χ4n) is 4.20. The third-order valence-electron chi connectivity index (χ3n) is 5.93. The van der Waals surface area contributed by atoms with Gasteiger partial charge in [0.25, 0.3) is 0 Å². The first-order valence-electron chi connectivity index (χ1n) is 11.0. The number of carbonyl (C=O) groups excluding carboxylic acids is 1. The number of amides is 1. The molecule has 0 aromatic heterocycles. The Bertz CT molecular complexity index is 1230. The number of hydrogen-bond acceptors (Lipinski definition) is 6. The number of carbonyl (C=O) groups is 2. The largest absolute Gasteiger partial charge is 0.486 e. The summed E-state index contributed by atoms with van der Waals surface area (Å²) in [7, 11) is -3.89. The lowest BCUT2D eigenvalue weighted by Gasteiger charge is -2.33. The minimum absolute atomic E-state index is 0.0691. The van der Waals surface area contributed by atoms with Crippen LogP contribution in [-0.2, 0) is 26.2 Å². The highest BCUT2D eigenvalue weighted by Gasteiger charge is 2.35. The zero-order chi connectivity index (χ0) is 25.2. The average Bonchev–Trinajstić information content (AvgIpc) is 2.84. The van der Waals surface area contributed by atoms with Gasteiger partial charge >= 0.3 is 5.97 Å². The second-order valence-corrected chi connectivity index (χ2v) is 11.1. The van der Waals surface area contributed by atoms with Crippen LogP contribution in [0.25, 0.3) is 0 Å². The standard InChI is InChI=1S/C23H24Cl2N2O7S/c24-17-2-3-18(25)21(12-17)35(31,32)27-7-5-16(6-8-27)23(30)26(14-22(28)29)13-15-1-4-19-20(11-15)34-10-9-33-19/h1-4,11-12,16H,5-10,13-14H2,(H,28,29). The molecule has 1 N–H and O–H groups in total. The van der Waals surface area contributed by atoms with E-state index in [0.29, 0.717) is 30.3 Å². The van der Waals surface area contributed by atoms with E-state index in [0.717, 1.165) is 0 Å². The summed E-state index contributed by atoms with van der Waals surface area (Å²) >= 11 is 12.0. The van der Waals surface area contributed by atoms with Crippen LogP contribution in [0.3, 0.4) is 0 Å². The second kappa shape index (κ2) is 10.6. The first-order chi connectivity index (χ1) is 16.6. The van der Waals surface area contributed by atoms with Crippen molar-refractivity contribution in [2.24, 2.45) is 5.92 Å². The Kier molecular flexibility index (Phi) is 7.75. The molecule has 0 spiro atoms. The number of carboxylic acids is 1. The molecule has 1 saturated heterocycles. The number of fused-ring (bicyclic) bond motifs is 1. The number of sulfonamides is 1. The molecular weight excluding hydrogens is 519 g/mol. The fraction of sp³-hybridized carbons (Fsp3) is 0.391. The lowest BCUT2D eigenvalue weighted by Crippen LogP contribution is -2.45. The van der Waals surface area contributed by atoms with E-state index in [2.05, 4.69) is 0 Å². The molecule has 0 aliphatic carbocycles. The molecule has 188 valence electrons. The second-order valence-electron chi connectivity index (χ2n) is 8.32. The number of piperidine rings is 1. The van der Waals surface area contributed by atoms with Crippen LogP contribution in [0.5, 0.6) is 11.5 Å². The predicted octanol–water partition coefficient (Wildman–Crippen LogP) is 3.28. The van der Waals surface area contributed by atoms with E-state index in [1.807, 2.05) is 0 Å². The van der Waals surface area contributed by atoms with Crippen molar-refractivity contribution in [1.29, 1.82) is 0 Å². The number of hydrogen-bond donors (Lipinski definition) is 1. The molecule has 9 nitrogen and oxygen atoms in total. The summed E-state index contributed by atoms with van der Waals surface area (Å²) in [6.07, 6.45) is 0.515. The molecule has 1 fully saturated rings. The van der Waals surface area contributed by atoms with Gasteiger partial charge in [-0.15, -0.1) is 0 Å². The first-order valence-corrected chi connectivity index (χ1v) is 13.2. The zero-order valence-electron chi connectivity index (χ0n) is 18.7.